The molecule has 140 valence electrons. The van der Waals surface area contributed by atoms with Gasteiger partial charge in [0.15, 0.2) is 0 Å². The smallest absolute Gasteiger partial charge is 0.325 e. The van der Waals surface area contributed by atoms with E-state index in [0.717, 1.165) is 37.0 Å². The van der Waals surface area contributed by atoms with Crippen molar-refractivity contribution < 1.29 is 14.4 Å². The Morgan fingerprint density at radius 1 is 1.16 bits per heavy atom. The summed E-state index contributed by atoms with van der Waals surface area (Å²) in [6.45, 7) is 0.177. The van der Waals surface area contributed by atoms with E-state index in [-0.39, 0.29) is 24.4 Å². The van der Waals surface area contributed by atoms with E-state index in [1.165, 1.54) is 19.3 Å². The fraction of sp³-hybridized carbons (Fsp3) is 0.833. The van der Waals surface area contributed by atoms with Crippen LogP contribution in [0.1, 0.15) is 64.2 Å². The van der Waals surface area contributed by atoms with E-state index >= 15 is 0 Å². The Labute approximate surface area is 149 Å². The van der Waals surface area contributed by atoms with Crippen molar-refractivity contribution in [2.75, 3.05) is 13.1 Å². The molecule has 1 unspecified atom stereocenters. The summed E-state index contributed by atoms with van der Waals surface area (Å²) in [7, 11) is 0. The lowest BCUT2D eigenvalue weighted by atomic mass is 9.82. The molecule has 0 radical (unpaired) electrons. The minimum Gasteiger partial charge on any atom is -0.350 e. The summed E-state index contributed by atoms with van der Waals surface area (Å²) in [5.41, 5.74) is 5.08. The Morgan fingerprint density at radius 3 is 2.44 bits per heavy atom. The molecule has 1 heterocycles. The van der Waals surface area contributed by atoms with Gasteiger partial charge in [0.1, 0.15) is 12.1 Å². The first kappa shape index (κ1) is 18.2. The van der Waals surface area contributed by atoms with Crippen molar-refractivity contribution >= 4 is 17.8 Å². The van der Waals surface area contributed by atoms with Crippen LogP contribution in [-0.4, -0.2) is 47.4 Å². The molecule has 0 aromatic carbocycles. The van der Waals surface area contributed by atoms with Gasteiger partial charge in [0.2, 0.25) is 5.91 Å². The van der Waals surface area contributed by atoms with Crippen LogP contribution in [0.25, 0.3) is 0 Å². The topological polar surface area (TPSA) is 105 Å². The summed E-state index contributed by atoms with van der Waals surface area (Å²) in [6.07, 6.45) is 10.0. The summed E-state index contributed by atoms with van der Waals surface area (Å²) < 4.78 is 0. The van der Waals surface area contributed by atoms with Gasteiger partial charge in [-0.1, -0.05) is 38.5 Å². The number of rotatable bonds is 5. The Kier molecular flexibility index (Phi) is 5.61. The first-order valence-corrected chi connectivity index (χ1v) is 9.69. The van der Waals surface area contributed by atoms with E-state index in [2.05, 4.69) is 10.6 Å². The van der Waals surface area contributed by atoms with Crippen LogP contribution < -0.4 is 16.4 Å². The van der Waals surface area contributed by atoms with Crippen LogP contribution in [0.3, 0.4) is 0 Å². The van der Waals surface area contributed by atoms with Gasteiger partial charge in [-0.15, -0.1) is 0 Å². The monoisotopic (exact) mass is 350 g/mol. The molecule has 2 saturated carbocycles. The number of urea groups is 1. The van der Waals surface area contributed by atoms with Crippen molar-refractivity contribution in [1.29, 1.82) is 0 Å². The van der Waals surface area contributed by atoms with Gasteiger partial charge in [0.05, 0.1) is 0 Å². The maximum atomic E-state index is 12.7. The summed E-state index contributed by atoms with van der Waals surface area (Å²) in [4.78, 5) is 38.5. The number of carbonyl (C=O) groups is 3. The first-order valence-electron chi connectivity index (χ1n) is 9.69. The Hall–Kier alpha value is -1.63. The third-order valence-corrected chi connectivity index (χ3v) is 6.07. The van der Waals surface area contributed by atoms with Crippen molar-refractivity contribution in [2.24, 2.45) is 11.7 Å². The predicted molar refractivity (Wildman–Crippen MR) is 93.6 cm³/mol. The molecule has 3 fully saturated rings. The Balaban J connectivity index is 1.58. The van der Waals surface area contributed by atoms with Gasteiger partial charge in [0, 0.05) is 12.6 Å². The third-order valence-electron chi connectivity index (χ3n) is 6.07. The van der Waals surface area contributed by atoms with E-state index < -0.39 is 11.6 Å². The molecular weight excluding hydrogens is 320 g/mol. The fourth-order valence-electron chi connectivity index (χ4n) is 4.62. The average Bonchev–Trinajstić information content (AvgIpc) is 2.85. The predicted octanol–water partition coefficient (Wildman–Crippen LogP) is 1.26. The van der Waals surface area contributed by atoms with Crippen LogP contribution in [0.4, 0.5) is 4.79 Å². The maximum absolute atomic E-state index is 12.7. The number of carbonyl (C=O) groups excluding carboxylic acids is 3. The van der Waals surface area contributed by atoms with Crippen LogP contribution in [0, 0.1) is 5.92 Å². The van der Waals surface area contributed by atoms with Crippen molar-refractivity contribution in [1.82, 2.24) is 15.5 Å². The van der Waals surface area contributed by atoms with E-state index in [9.17, 15) is 14.4 Å². The number of hydrogen-bond donors (Lipinski definition) is 3. The zero-order chi connectivity index (χ0) is 17.9. The number of amides is 4. The molecular formula is C18H30N4O3. The number of nitrogens with zero attached hydrogens (tertiary/aromatic N) is 1. The van der Waals surface area contributed by atoms with Crippen LogP contribution in [0.2, 0.25) is 0 Å². The molecule has 3 rings (SSSR count). The van der Waals surface area contributed by atoms with E-state index in [1.807, 2.05) is 0 Å². The van der Waals surface area contributed by atoms with Crippen LogP contribution in [-0.2, 0) is 9.59 Å². The maximum Gasteiger partial charge on any atom is 0.325 e. The van der Waals surface area contributed by atoms with Gasteiger partial charge >= 0.3 is 6.03 Å². The zero-order valence-electron chi connectivity index (χ0n) is 14.9. The largest absolute Gasteiger partial charge is 0.350 e. The standard InChI is InChI=1S/C18H30N4O3/c19-11-14(13-7-3-1-4-8-13)20-15(23)12-22-16(24)18(21-17(22)25)9-5-2-6-10-18/h13-14H,1-12,19H2,(H,20,23)(H,21,25). The molecule has 7 heteroatoms. The molecule has 1 atom stereocenters. The zero-order valence-corrected chi connectivity index (χ0v) is 14.9. The van der Waals surface area contributed by atoms with Crippen molar-refractivity contribution in [3.63, 3.8) is 0 Å². The summed E-state index contributed by atoms with van der Waals surface area (Å²) in [6, 6.07) is -0.513. The van der Waals surface area contributed by atoms with Crippen molar-refractivity contribution in [2.45, 2.75) is 75.8 Å². The highest BCUT2D eigenvalue weighted by Gasteiger charge is 2.51. The van der Waals surface area contributed by atoms with Gasteiger partial charge in [-0.05, 0) is 31.6 Å². The van der Waals surface area contributed by atoms with E-state index in [0.29, 0.717) is 25.3 Å². The van der Waals surface area contributed by atoms with E-state index in [4.69, 9.17) is 5.73 Å². The molecule has 0 bridgehead atoms. The lowest BCUT2D eigenvalue weighted by molar-refractivity contribution is -0.136. The second-order valence-electron chi connectivity index (χ2n) is 7.77. The lowest BCUT2D eigenvalue weighted by Crippen LogP contribution is -2.51. The highest BCUT2D eigenvalue weighted by Crippen LogP contribution is 2.33. The molecule has 2 aliphatic carbocycles. The molecule has 25 heavy (non-hydrogen) atoms. The van der Waals surface area contributed by atoms with Gasteiger partial charge in [0.25, 0.3) is 5.91 Å². The van der Waals surface area contributed by atoms with Gasteiger partial charge in [-0.25, -0.2) is 4.79 Å². The number of nitrogens with two attached hydrogens (primary N) is 1. The fourth-order valence-corrected chi connectivity index (χ4v) is 4.62. The highest BCUT2D eigenvalue weighted by atomic mass is 16.2. The molecule has 1 saturated heterocycles. The van der Waals surface area contributed by atoms with E-state index in [1.54, 1.807) is 0 Å². The van der Waals surface area contributed by atoms with Crippen molar-refractivity contribution in [3.8, 4) is 0 Å². The molecule has 4 amide bonds. The van der Waals surface area contributed by atoms with Gasteiger partial charge < -0.3 is 16.4 Å². The quantitative estimate of drug-likeness (QED) is 0.649. The normalized spacial score (nSPS) is 25.1. The number of hydrogen-bond acceptors (Lipinski definition) is 4. The van der Waals surface area contributed by atoms with Gasteiger partial charge in [-0.3, -0.25) is 14.5 Å². The molecule has 7 nitrogen and oxygen atoms in total. The first-order chi connectivity index (χ1) is 12.1. The lowest BCUT2D eigenvalue weighted by Gasteiger charge is -2.31. The van der Waals surface area contributed by atoms with Crippen LogP contribution in [0.5, 0.6) is 0 Å². The molecule has 1 spiro atoms. The summed E-state index contributed by atoms with van der Waals surface area (Å²) >= 11 is 0. The Bertz CT molecular complexity index is 524. The summed E-state index contributed by atoms with van der Waals surface area (Å²) in [5, 5.41) is 5.80. The molecule has 3 aliphatic rings. The minimum atomic E-state index is -0.772. The molecule has 4 N–H and O–H groups in total. The second kappa shape index (κ2) is 7.72. The van der Waals surface area contributed by atoms with Crippen LogP contribution in [0.15, 0.2) is 0 Å². The third kappa shape index (κ3) is 3.81. The minimum absolute atomic E-state index is 0.0720. The molecule has 1 aliphatic heterocycles. The highest BCUT2D eigenvalue weighted by molar-refractivity contribution is 6.09. The average molecular weight is 350 g/mol. The second-order valence-corrected chi connectivity index (χ2v) is 7.77. The molecule has 0 aromatic heterocycles. The number of imide groups is 1. The molecule has 0 aromatic rings. The van der Waals surface area contributed by atoms with Gasteiger partial charge in [-0.2, -0.15) is 0 Å². The SMILES string of the molecule is NCC(NC(=O)CN1C(=O)NC2(CCCCC2)C1=O)C1CCCCC1. The summed E-state index contributed by atoms with van der Waals surface area (Å²) in [5.74, 6) is -0.137. The number of nitrogens with one attached hydrogen (secondary N) is 2. The van der Waals surface area contributed by atoms with Crippen LogP contribution >= 0.6 is 0 Å². The van der Waals surface area contributed by atoms with Crippen molar-refractivity contribution in [3.05, 3.63) is 0 Å². The Morgan fingerprint density at radius 2 is 1.80 bits per heavy atom.